The molecule has 3 rings (SSSR count). The molecular weight excluding hydrogens is 338 g/mol. The van der Waals surface area contributed by atoms with E-state index < -0.39 is 17.5 Å². The molecule has 0 unspecified atom stereocenters. The van der Waals surface area contributed by atoms with Crippen LogP contribution in [0.1, 0.15) is 31.4 Å². The van der Waals surface area contributed by atoms with Gasteiger partial charge >= 0.3 is 12.0 Å². The summed E-state index contributed by atoms with van der Waals surface area (Å²) in [4.78, 5) is 30.6. The van der Waals surface area contributed by atoms with Crippen LogP contribution in [0.25, 0.3) is 0 Å². The van der Waals surface area contributed by atoms with Gasteiger partial charge in [-0.2, -0.15) is 0 Å². The SMILES string of the molecule is O=C(NC1(C(=O)O)CCOCC1)N(Cc1ccccn1)C[C@@H]1CCCO1. The van der Waals surface area contributed by atoms with Gasteiger partial charge < -0.3 is 24.8 Å². The molecule has 0 saturated carbocycles. The van der Waals surface area contributed by atoms with E-state index in [9.17, 15) is 14.7 Å². The van der Waals surface area contributed by atoms with Crippen molar-refractivity contribution >= 4 is 12.0 Å². The summed E-state index contributed by atoms with van der Waals surface area (Å²) in [7, 11) is 0. The van der Waals surface area contributed by atoms with Crippen LogP contribution in [0.5, 0.6) is 0 Å². The molecule has 2 saturated heterocycles. The fraction of sp³-hybridized carbons (Fsp3) is 0.611. The van der Waals surface area contributed by atoms with Gasteiger partial charge in [-0.25, -0.2) is 9.59 Å². The molecule has 2 fully saturated rings. The van der Waals surface area contributed by atoms with Crippen molar-refractivity contribution in [3.05, 3.63) is 30.1 Å². The zero-order valence-electron chi connectivity index (χ0n) is 14.7. The Kier molecular flexibility index (Phi) is 6.05. The standard InChI is InChI=1S/C18H25N3O5/c22-16(23)18(6-10-25-11-7-18)20-17(24)21(13-15-5-3-9-26-15)12-14-4-1-2-8-19-14/h1-2,4,8,15H,3,5-7,9-13H2,(H,20,24)(H,22,23)/t15-/m0/s1. The summed E-state index contributed by atoms with van der Waals surface area (Å²) in [5.41, 5.74) is -0.536. The topological polar surface area (TPSA) is 101 Å². The molecule has 0 aliphatic carbocycles. The van der Waals surface area contributed by atoms with Gasteiger partial charge in [0, 0.05) is 45.4 Å². The summed E-state index contributed by atoms with van der Waals surface area (Å²) >= 11 is 0. The van der Waals surface area contributed by atoms with E-state index in [0.29, 0.717) is 32.9 Å². The molecule has 0 bridgehead atoms. The highest BCUT2D eigenvalue weighted by Crippen LogP contribution is 2.22. The number of amides is 2. The number of nitrogens with zero attached hydrogens (tertiary/aromatic N) is 2. The van der Waals surface area contributed by atoms with Crippen molar-refractivity contribution in [3.8, 4) is 0 Å². The quantitative estimate of drug-likeness (QED) is 0.792. The Morgan fingerprint density at radius 3 is 2.73 bits per heavy atom. The fourth-order valence-electron chi connectivity index (χ4n) is 3.34. The van der Waals surface area contributed by atoms with E-state index in [4.69, 9.17) is 9.47 Å². The fourth-order valence-corrected chi connectivity index (χ4v) is 3.34. The largest absolute Gasteiger partial charge is 0.480 e. The Balaban J connectivity index is 1.73. The third-order valence-electron chi connectivity index (χ3n) is 4.92. The van der Waals surface area contributed by atoms with Gasteiger partial charge in [-0.15, -0.1) is 0 Å². The summed E-state index contributed by atoms with van der Waals surface area (Å²) < 4.78 is 10.9. The molecule has 0 radical (unpaired) electrons. The number of ether oxygens (including phenoxy) is 2. The van der Waals surface area contributed by atoms with E-state index in [1.54, 1.807) is 11.1 Å². The molecular formula is C18H25N3O5. The van der Waals surface area contributed by atoms with Crippen molar-refractivity contribution in [2.75, 3.05) is 26.4 Å². The Hall–Kier alpha value is -2.19. The van der Waals surface area contributed by atoms with Gasteiger partial charge in [0.1, 0.15) is 5.54 Å². The van der Waals surface area contributed by atoms with Crippen LogP contribution in [-0.2, 0) is 20.8 Å². The van der Waals surface area contributed by atoms with Gasteiger partial charge in [-0.05, 0) is 25.0 Å². The number of aromatic nitrogens is 1. The van der Waals surface area contributed by atoms with Crippen molar-refractivity contribution < 1.29 is 24.2 Å². The number of hydrogen-bond donors (Lipinski definition) is 2. The molecule has 1 atom stereocenters. The average molecular weight is 363 g/mol. The Morgan fingerprint density at radius 2 is 2.12 bits per heavy atom. The predicted octanol–water partition coefficient (Wildman–Crippen LogP) is 1.41. The molecule has 3 heterocycles. The Labute approximate surface area is 152 Å². The lowest BCUT2D eigenvalue weighted by Crippen LogP contribution is -2.60. The second-order valence-corrected chi connectivity index (χ2v) is 6.77. The average Bonchev–Trinajstić information content (AvgIpc) is 3.16. The molecule has 8 heteroatoms. The first kappa shape index (κ1) is 18.6. The number of rotatable bonds is 6. The van der Waals surface area contributed by atoms with Gasteiger partial charge in [-0.3, -0.25) is 4.98 Å². The van der Waals surface area contributed by atoms with E-state index in [2.05, 4.69) is 10.3 Å². The molecule has 0 aromatic carbocycles. The first-order valence-electron chi connectivity index (χ1n) is 8.99. The molecule has 142 valence electrons. The molecule has 0 spiro atoms. The van der Waals surface area contributed by atoms with E-state index >= 15 is 0 Å². The van der Waals surface area contributed by atoms with Crippen LogP contribution >= 0.6 is 0 Å². The summed E-state index contributed by atoms with van der Waals surface area (Å²) in [5, 5.41) is 12.4. The van der Waals surface area contributed by atoms with Crippen LogP contribution in [0.3, 0.4) is 0 Å². The number of pyridine rings is 1. The highest BCUT2D eigenvalue weighted by atomic mass is 16.5. The van der Waals surface area contributed by atoms with Crippen molar-refractivity contribution in [2.45, 2.75) is 43.9 Å². The molecule has 2 amide bonds. The first-order chi connectivity index (χ1) is 12.6. The van der Waals surface area contributed by atoms with E-state index in [1.807, 2.05) is 18.2 Å². The monoisotopic (exact) mass is 363 g/mol. The molecule has 8 nitrogen and oxygen atoms in total. The molecule has 2 aliphatic rings. The van der Waals surface area contributed by atoms with Crippen molar-refractivity contribution in [3.63, 3.8) is 0 Å². The van der Waals surface area contributed by atoms with E-state index in [0.717, 1.165) is 18.5 Å². The summed E-state index contributed by atoms with van der Waals surface area (Å²) in [5.74, 6) is -1.02. The van der Waals surface area contributed by atoms with Gasteiger partial charge in [0.15, 0.2) is 0 Å². The van der Waals surface area contributed by atoms with Gasteiger partial charge in [0.2, 0.25) is 0 Å². The molecule has 1 aromatic rings. The summed E-state index contributed by atoms with van der Waals surface area (Å²) in [6.45, 7) is 2.05. The number of urea groups is 1. The van der Waals surface area contributed by atoms with Gasteiger partial charge in [0.05, 0.1) is 18.3 Å². The third kappa shape index (κ3) is 4.50. The van der Waals surface area contributed by atoms with E-state index in [-0.39, 0.29) is 18.9 Å². The normalized spacial score (nSPS) is 21.9. The minimum Gasteiger partial charge on any atom is -0.480 e. The zero-order valence-corrected chi connectivity index (χ0v) is 14.7. The van der Waals surface area contributed by atoms with Crippen LogP contribution in [-0.4, -0.2) is 65.0 Å². The highest BCUT2D eigenvalue weighted by Gasteiger charge is 2.42. The smallest absolute Gasteiger partial charge is 0.329 e. The van der Waals surface area contributed by atoms with Crippen LogP contribution in [0, 0.1) is 0 Å². The van der Waals surface area contributed by atoms with Gasteiger partial charge in [0.25, 0.3) is 0 Å². The number of carboxylic acid groups (broad SMARTS) is 1. The van der Waals surface area contributed by atoms with Crippen molar-refractivity contribution in [1.82, 2.24) is 15.2 Å². The number of carbonyl (C=O) groups excluding carboxylic acids is 1. The number of carboxylic acids is 1. The van der Waals surface area contributed by atoms with Crippen LogP contribution in [0.4, 0.5) is 4.79 Å². The molecule has 2 N–H and O–H groups in total. The zero-order chi connectivity index (χ0) is 18.4. The second-order valence-electron chi connectivity index (χ2n) is 6.77. The second kappa shape index (κ2) is 8.46. The maximum absolute atomic E-state index is 12.9. The molecule has 1 aromatic heterocycles. The van der Waals surface area contributed by atoms with Crippen LogP contribution in [0.15, 0.2) is 24.4 Å². The summed E-state index contributed by atoms with van der Waals surface area (Å²) in [6.07, 6.45) is 4.02. The van der Waals surface area contributed by atoms with Crippen LogP contribution in [0.2, 0.25) is 0 Å². The molecule has 2 aliphatic heterocycles. The number of aliphatic carboxylic acids is 1. The van der Waals surface area contributed by atoms with Crippen LogP contribution < -0.4 is 5.32 Å². The van der Waals surface area contributed by atoms with Crippen molar-refractivity contribution in [2.24, 2.45) is 0 Å². The molecule has 26 heavy (non-hydrogen) atoms. The number of carbonyl (C=O) groups is 2. The highest BCUT2D eigenvalue weighted by molar-refractivity contribution is 5.86. The van der Waals surface area contributed by atoms with Crippen molar-refractivity contribution in [1.29, 1.82) is 0 Å². The maximum Gasteiger partial charge on any atom is 0.329 e. The lowest BCUT2D eigenvalue weighted by Gasteiger charge is -2.36. The Bertz CT molecular complexity index is 613. The first-order valence-corrected chi connectivity index (χ1v) is 8.99. The lowest BCUT2D eigenvalue weighted by atomic mass is 9.90. The van der Waals surface area contributed by atoms with Gasteiger partial charge in [-0.1, -0.05) is 6.07 Å². The predicted molar refractivity (Wildman–Crippen MR) is 92.6 cm³/mol. The van der Waals surface area contributed by atoms with E-state index in [1.165, 1.54) is 0 Å². The number of hydrogen-bond acceptors (Lipinski definition) is 5. The maximum atomic E-state index is 12.9. The third-order valence-corrected chi connectivity index (χ3v) is 4.92. The minimum atomic E-state index is -1.28. The Morgan fingerprint density at radius 1 is 1.31 bits per heavy atom. The summed E-state index contributed by atoms with van der Waals surface area (Å²) in [6, 6.07) is 5.12. The lowest BCUT2D eigenvalue weighted by molar-refractivity contribution is -0.148. The number of nitrogens with one attached hydrogen (secondary N) is 1. The minimum absolute atomic E-state index is 0.0278.